The van der Waals surface area contributed by atoms with Gasteiger partial charge in [-0.25, -0.2) is 9.97 Å². The van der Waals surface area contributed by atoms with Crippen molar-refractivity contribution in [3.05, 3.63) is 28.5 Å². The van der Waals surface area contributed by atoms with E-state index in [1.165, 1.54) is 0 Å². The molecule has 0 amide bonds. The SMILES string of the molecule is Ic1cn2cnccc2n1. The highest BCUT2D eigenvalue weighted by molar-refractivity contribution is 14.1. The van der Waals surface area contributed by atoms with Gasteiger partial charge in [-0.15, -0.1) is 0 Å². The quantitative estimate of drug-likeness (QED) is 0.655. The molecule has 2 heterocycles. The van der Waals surface area contributed by atoms with Crippen molar-refractivity contribution in [1.29, 1.82) is 0 Å². The minimum Gasteiger partial charge on any atom is -0.289 e. The predicted molar refractivity (Wildman–Crippen MR) is 45.7 cm³/mol. The van der Waals surface area contributed by atoms with Crippen LogP contribution in [0.3, 0.4) is 0 Å². The number of fused-ring (bicyclic) bond motifs is 1. The lowest BCUT2D eigenvalue weighted by Gasteiger charge is -1.85. The number of hydrogen-bond acceptors (Lipinski definition) is 2. The summed E-state index contributed by atoms with van der Waals surface area (Å²) in [6.45, 7) is 0. The molecule has 2 aromatic heterocycles. The maximum atomic E-state index is 4.22. The molecule has 4 heteroatoms. The molecular formula is C6H4IN3. The second kappa shape index (κ2) is 2.19. The van der Waals surface area contributed by atoms with Crippen LogP contribution in [0.25, 0.3) is 5.65 Å². The first-order chi connectivity index (χ1) is 4.86. The maximum Gasteiger partial charge on any atom is 0.140 e. The summed E-state index contributed by atoms with van der Waals surface area (Å²) < 4.78 is 2.88. The normalized spacial score (nSPS) is 10.5. The summed E-state index contributed by atoms with van der Waals surface area (Å²) in [6, 6.07) is 1.88. The number of hydrogen-bond donors (Lipinski definition) is 0. The molecule has 0 aliphatic carbocycles. The van der Waals surface area contributed by atoms with Crippen LogP contribution >= 0.6 is 22.6 Å². The summed E-state index contributed by atoms with van der Waals surface area (Å²) in [5, 5.41) is 0. The molecule has 0 unspecified atom stereocenters. The smallest absolute Gasteiger partial charge is 0.140 e. The first-order valence-electron chi connectivity index (χ1n) is 2.80. The van der Waals surface area contributed by atoms with Crippen molar-refractivity contribution in [3.63, 3.8) is 0 Å². The van der Waals surface area contributed by atoms with E-state index >= 15 is 0 Å². The van der Waals surface area contributed by atoms with Crippen LogP contribution in [0.1, 0.15) is 0 Å². The van der Waals surface area contributed by atoms with Crippen molar-refractivity contribution in [2.24, 2.45) is 0 Å². The zero-order chi connectivity index (χ0) is 6.97. The van der Waals surface area contributed by atoms with Gasteiger partial charge in [0.05, 0.1) is 0 Å². The first kappa shape index (κ1) is 6.09. The molecule has 50 valence electrons. The van der Waals surface area contributed by atoms with Gasteiger partial charge in [0.1, 0.15) is 15.7 Å². The fourth-order valence-electron chi connectivity index (χ4n) is 0.813. The summed E-state index contributed by atoms with van der Waals surface area (Å²) in [7, 11) is 0. The third-order valence-electron chi connectivity index (χ3n) is 1.23. The molecule has 0 N–H and O–H groups in total. The molecule has 0 aromatic carbocycles. The van der Waals surface area contributed by atoms with Crippen LogP contribution in [0.2, 0.25) is 0 Å². The Morgan fingerprint density at radius 2 is 2.40 bits per heavy atom. The van der Waals surface area contributed by atoms with Gasteiger partial charge in [-0.05, 0) is 28.7 Å². The minimum absolute atomic E-state index is 0.944. The van der Waals surface area contributed by atoms with Gasteiger partial charge in [0.15, 0.2) is 0 Å². The third kappa shape index (κ3) is 0.880. The Hall–Kier alpha value is -0.650. The van der Waals surface area contributed by atoms with Crippen molar-refractivity contribution in [1.82, 2.24) is 14.4 Å². The zero-order valence-corrected chi connectivity index (χ0v) is 7.19. The van der Waals surface area contributed by atoms with Crippen LogP contribution < -0.4 is 0 Å². The summed E-state index contributed by atoms with van der Waals surface area (Å²) in [4.78, 5) is 8.17. The van der Waals surface area contributed by atoms with Crippen LogP contribution in [-0.2, 0) is 0 Å². The molecule has 0 atom stereocenters. The molecule has 0 saturated carbocycles. The Balaban J connectivity index is 2.88. The predicted octanol–water partition coefficient (Wildman–Crippen LogP) is 1.33. The van der Waals surface area contributed by atoms with E-state index in [0.29, 0.717) is 0 Å². The van der Waals surface area contributed by atoms with Crippen LogP contribution in [0.15, 0.2) is 24.8 Å². The average molecular weight is 245 g/mol. The highest BCUT2D eigenvalue weighted by Gasteiger charge is 1.94. The van der Waals surface area contributed by atoms with Gasteiger partial charge in [0.2, 0.25) is 0 Å². The monoisotopic (exact) mass is 245 g/mol. The van der Waals surface area contributed by atoms with Gasteiger partial charge < -0.3 is 0 Å². The Kier molecular flexibility index (Phi) is 1.33. The molecule has 0 aliphatic heterocycles. The largest absolute Gasteiger partial charge is 0.289 e. The first-order valence-corrected chi connectivity index (χ1v) is 3.88. The molecule has 0 saturated heterocycles. The van der Waals surface area contributed by atoms with Crippen molar-refractivity contribution < 1.29 is 0 Å². The Morgan fingerprint density at radius 1 is 1.50 bits per heavy atom. The van der Waals surface area contributed by atoms with Gasteiger partial charge in [-0.1, -0.05) is 0 Å². The minimum atomic E-state index is 0.944. The molecule has 0 aliphatic rings. The van der Waals surface area contributed by atoms with E-state index in [1.807, 2.05) is 16.7 Å². The summed E-state index contributed by atoms with van der Waals surface area (Å²) in [6.07, 6.45) is 5.41. The number of rotatable bonds is 0. The Bertz CT molecular complexity index is 322. The Labute approximate surface area is 71.3 Å². The standard InChI is InChI=1S/C6H4IN3/c7-5-3-10-4-8-2-1-6(10)9-5/h1-4H. The second-order valence-corrected chi connectivity index (χ2v) is 3.01. The fraction of sp³-hybridized carbons (Fsp3) is 0. The molecule has 3 nitrogen and oxygen atoms in total. The van der Waals surface area contributed by atoms with Gasteiger partial charge in [0.25, 0.3) is 0 Å². The molecule has 0 fully saturated rings. The van der Waals surface area contributed by atoms with Crippen molar-refractivity contribution in [2.45, 2.75) is 0 Å². The second-order valence-electron chi connectivity index (χ2n) is 1.91. The summed E-state index contributed by atoms with van der Waals surface area (Å²) in [5.41, 5.74) is 0.944. The van der Waals surface area contributed by atoms with Crippen LogP contribution in [-0.4, -0.2) is 14.4 Å². The molecule has 10 heavy (non-hydrogen) atoms. The number of aromatic nitrogens is 3. The van der Waals surface area contributed by atoms with E-state index < -0.39 is 0 Å². The number of imidazole rings is 1. The Morgan fingerprint density at radius 3 is 3.20 bits per heavy atom. The molecule has 2 rings (SSSR count). The van der Waals surface area contributed by atoms with Crippen molar-refractivity contribution >= 4 is 28.2 Å². The summed E-state index contributed by atoms with van der Waals surface area (Å²) >= 11 is 2.17. The molecular weight excluding hydrogens is 241 g/mol. The maximum absolute atomic E-state index is 4.22. The molecule has 0 radical (unpaired) electrons. The van der Waals surface area contributed by atoms with E-state index in [4.69, 9.17) is 0 Å². The lowest BCUT2D eigenvalue weighted by molar-refractivity contribution is 1.09. The van der Waals surface area contributed by atoms with Crippen LogP contribution in [0.4, 0.5) is 0 Å². The molecule has 0 bridgehead atoms. The average Bonchev–Trinajstić information content (AvgIpc) is 2.27. The lowest BCUT2D eigenvalue weighted by atomic mass is 10.6. The fourth-order valence-corrected chi connectivity index (χ4v) is 1.36. The number of halogens is 1. The van der Waals surface area contributed by atoms with Gasteiger partial charge in [0, 0.05) is 12.4 Å². The van der Waals surface area contributed by atoms with E-state index in [-0.39, 0.29) is 0 Å². The van der Waals surface area contributed by atoms with Crippen molar-refractivity contribution in [2.75, 3.05) is 0 Å². The topological polar surface area (TPSA) is 30.2 Å². The number of nitrogens with zero attached hydrogens (tertiary/aromatic N) is 3. The third-order valence-corrected chi connectivity index (χ3v) is 1.75. The van der Waals surface area contributed by atoms with E-state index in [2.05, 4.69) is 32.6 Å². The molecule has 2 aromatic rings. The van der Waals surface area contributed by atoms with Crippen LogP contribution in [0.5, 0.6) is 0 Å². The van der Waals surface area contributed by atoms with Gasteiger partial charge >= 0.3 is 0 Å². The van der Waals surface area contributed by atoms with E-state index in [9.17, 15) is 0 Å². The van der Waals surface area contributed by atoms with Gasteiger partial charge in [-0.2, -0.15) is 0 Å². The molecule has 0 spiro atoms. The van der Waals surface area contributed by atoms with Crippen LogP contribution in [0, 0.1) is 3.70 Å². The van der Waals surface area contributed by atoms with Gasteiger partial charge in [-0.3, -0.25) is 4.40 Å². The van der Waals surface area contributed by atoms with Crippen molar-refractivity contribution in [3.8, 4) is 0 Å². The highest BCUT2D eigenvalue weighted by Crippen LogP contribution is 2.04. The summed E-state index contributed by atoms with van der Waals surface area (Å²) in [5.74, 6) is 0. The zero-order valence-electron chi connectivity index (χ0n) is 5.03. The lowest BCUT2D eigenvalue weighted by Crippen LogP contribution is -1.81. The van der Waals surface area contributed by atoms with E-state index in [0.717, 1.165) is 9.35 Å². The van der Waals surface area contributed by atoms with E-state index in [1.54, 1.807) is 12.5 Å². The highest BCUT2D eigenvalue weighted by atomic mass is 127.